The molecule has 0 bridgehead atoms. The highest BCUT2D eigenvalue weighted by Gasteiger charge is 2.27. The van der Waals surface area contributed by atoms with E-state index in [1.54, 1.807) is 24.3 Å². The Morgan fingerprint density at radius 2 is 2.12 bits per heavy atom. The molecule has 0 radical (unpaired) electrons. The minimum atomic E-state index is -4.25. The summed E-state index contributed by atoms with van der Waals surface area (Å²) < 4.78 is 35.4. The number of rotatable bonds is 4. The van der Waals surface area contributed by atoms with E-state index < -0.39 is 11.4 Å². The highest BCUT2D eigenvalue weighted by atomic mass is 32.2. The van der Waals surface area contributed by atoms with E-state index in [0.717, 1.165) is 0 Å². The molecule has 0 aliphatic heterocycles. The number of thiol groups is 1. The fourth-order valence-corrected chi connectivity index (χ4v) is 1.74. The first-order chi connectivity index (χ1) is 7.88. The number of carbonyl (C=O) groups is 1. The fourth-order valence-electron chi connectivity index (χ4n) is 1.08. The number of halogens is 3. The Hall–Kier alpha value is -0.820. The molecule has 17 heavy (non-hydrogen) atoms. The van der Waals surface area contributed by atoms with Gasteiger partial charge >= 0.3 is 5.51 Å². The van der Waals surface area contributed by atoms with E-state index in [-0.39, 0.29) is 24.1 Å². The molecule has 0 saturated carbocycles. The van der Waals surface area contributed by atoms with Gasteiger partial charge in [-0.05, 0) is 30.0 Å². The lowest BCUT2D eigenvalue weighted by Crippen LogP contribution is -2.26. The first kappa shape index (κ1) is 14.2. The maximum atomic E-state index is 11.8. The summed E-state index contributed by atoms with van der Waals surface area (Å²) in [4.78, 5) is 12.1. The summed E-state index contributed by atoms with van der Waals surface area (Å²) in [6.07, 6.45) is 0. The van der Waals surface area contributed by atoms with Crippen LogP contribution in [-0.4, -0.2) is 23.7 Å². The minimum absolute atomic E-state index is 0.0280. The van der Waals surface area contributed by atoms with Crippen LogP contribution in [0, 0.1) is 0 Å². The number of thioether (sulfide) groups is 1. The standard InChI is InChI=1S/C10H10F3NOS2/c11-10(12,13)17-5-4-14-9(15)7-2-1-3-8(16)6-7/h1-3,6,16H,4-5H2,(H,14,15). The number of hydrogen-bond donors (Lipinski definition) is 2. The van der Waals surface area contributed by atoms with Crippen molar-refractivity contribution in [1.29, 1.82) is 0 Å². The van der Waals surface area contributed by atoms with E-state index in [0.29, 0.717) is 10.5 Å². The van der Waals surface area contributed by atoms with Crippen LogP contribution in [0.5, 0.6) is 0 Å². The molecule has 1 amide bonds. The molecular formula is C10H10F3NOS2. The normalized spacial score (nSPS) is 11.3. The Morgan fingerprint density at radius 3 is 2.71 bits per heavy atom. The van der Waals surface area contributed by atoms with Crippen molar-refractivity contribution in [3.8, 4) is 0 Å². The van der Waals surface area contributed by atoms with Crippen molar-refractivity contribution >= 4 is 30.3 Å². The van der Waals surface area contributed by atoms with Gasteiger partial charge in [-0.2, -0.15) is 13.2 Å². The van der Waals surface area contributed by atoms with Crippen LogP contribution in [0.3, 0.4) is 0 Å². The van der Waals surface area contributed by atoms with Gasteiger partial charge in [-0.1, -0.05) is 6.07 Å². The van der Waals surface area contributed by atoms with Crippen LogP contribution < -0.4 is 5.32 Å². The first-order valence-electron chi connectivity index (χ1n) is 4.66. The van der Waals surface area contributed by atoms with Gasteiger partial charge in [0.15, 0.2) is 0 Å². The summed E-state index contributed by atoms with van der Waals surface area (Å²) in [5.74, 6) is -0.598. The Kier molecular flexibility index (Phi) is 5.20. The Balaban J connectivity index is 2.36. The van der Waals surface area contributed by atoms with E-state index in [4.69, 9.17) is 0 Å². The van der Waals surface area contributed by atoms with Crippen molar-refractivity contribution in [2.45, 2.75) is 10.4 Å². The molecule has 0 fully saturated rings. The second-order valence-corrected chi connectivity index (χ2v) is 4.78. The van der Waals surface area contributed by atoms with Gasteiger partial charge < -0.3 is 5.32 Å². The second kappa shape index (κ2) is 6.20. The zero-order valence-corrected chi connectivity index (χ0v) is 10.3. The third-order valence-corrected chi connectivity index (χ3v) is 2.78. The summed E-state index contributed by atoms with van der Waals surface area (Å²) in [6.45, 7) is -0.0280. The highest BCUT2D eigenvalue weighted by Crippen LogP contribution is 2.29. The van der Waals surface area contributed by atoms with E-state index in [9.17, 15) is 18.0 Å². The van der Waals surface area contributed by atoms with Gasteiger partial charge in [-0.3, -0.25) is 4.79 Å². The van der Waals surface area contributed by atoms with Crippen molar-refractivity contribution in [3.63, 3.8) is 0 Å². The fraction of sp³-hybridized carbons (Fsp3) is 0.300. The highest BCUT2D eigenvalue weighted by molar-refractivity contribution is 8.00. The van der Waals surface area contributed by atoms with E-state index in [2.05, 4.69) is 17.9 Å². The monoisotopic (exact) mass is 281 g/mol. The quantitative estimate of drug-likeness (QED) is 0.656. The number of alkyl halides is 3. The summed E-state index contributed by atoms with van der Waals surface area (Å²) in [5.41, 5.74) is -3.87. The zero-order valence-electron chi connectivity index (χ0n) is 8.62. The summed E-state index contributed by atoms with van der Waals surface area (Å²) in [7, 11) is 0. The SMILES string of the molecule is O=C(NCCSC(F)(F)F)c1cccc(S)c1. The maximum Gasteiger partial charge on any atom is 0.441 e. The number of carbonyl (C=O) groups excluding carboxylic acids is 1. The number of nitrogens with one attached hydrogen (secondary N) is 1. The molecule has 0 aliphatic rings. The van der Waals surface area contributed by atoms with Gasteiger partial charge in [0.05, 0.1) is 0 Å². The molecule has 1 aromatic carbocycles. The topological polar surface area (TPSA) is 29.1 Å². The van der Waals surface area contributed by atoms with Crippen molar-refractivity contribution < 1.29 is 18.0 Å². The van der Waals surface area contributed by atoms with Crippen molar-refractivity contribution in [3.05, 3.63) is 29.8 Å². The third kappa shape index (κ3) is 5.88. The molecule has 1 rings (SSSR count). The van der Waals surface area contributed by atoms with Crippen LogP contribution >= 0.6 is 24.4 Å². The van der Waals surface area contributed by atoms with Crippen LogP contribution in [0.2, 0.25) is 0 Å². The van der Waals surface area contributed by atoms with Gasteiger partial charge in [0.25, 0.3) is 5.91 Å². The van der Waals surface area contributed by atoms with Crippen LogP contribution in [-0.2, 0) is 0 Å². The van der Waals surface area contributed by atoms with Gasteiger partial charge in [-0.25, -0.2) is 0 Å². The molecule has 0 heterocycles. The van der Waals surface area contributed by atoms with Crippen LogP contribution in [0.1, 0.15) is 10.4 Å². The number of amides is 1. The molecular weight excluding hydrogens is 271 g/mol. The van der Waals surface area contributed by atoms with E-state index in [1.165, 1.54) is 0 Å². The lowest BCUT2D eigenvalue weighted by atomic mass is 10.2. The van der Waals surface area contributed by atoms with Gasteiger partial charge in [-0.15, -0.1) is 12.6 Å². The predicted molar refractivity (Wildman–Crippen MR) is 64.5 cm³/mol. The van der Waals surface area contributed by atoms with Crippen molar-refractivity contribution in [2.75, 3.05) is 12.3 Å². The van der Waals surface area contributed by atoms with Gasteiger partial charge in [0, 0.05) is 22.8 Å². The summed E-state index contributed by atoms with van der Waals surface area (Å²) in [6, 6.07) is 6.49. The molecule has 0 spiro atoms. The first-order valence-corrected chi connectivity index (χ1v) is 6.10. The Bertz CT molecular complexity index is 395. The Labute approximate surface area is 106 Å². The van der Waals surface area contributed by atoms with Gasteiger partial charge in [0.1, 0.15) is 0 Å². The minimum Gasteiger partial charge on any atom is -0.351 e. The average molecular weight is 281 g/mol. The molecule has 0 atom stereocenters. The van der Waals surface area contributed by atoms with Crippen LogP contribution in [0.4, 0.5) is 13.2 Å². The number of hydrogen-bond acceptors (Lipinski definition) is 3. The molecule has 0 unspecified atom stereocenters. The number of benzene rings is 1. The van der Waals surface area contributed by atoms with Crippen molar-refractivity contribution in [2.24, 2.45) is 0 Å². The molecule has 94 valence electrons. The van der Waals surface area contributed by atoms with E-state index in [1.807, 2.05) is 0 Å². The lowest BCUT2D eigenvalue weighted by molar-refractivity contribution is -0.0327. The second-order valence-electron chi connectivity index (χ2n) is 3.10. The van der Waals surface area contributed by atoms with Crippen LogP contribution in [0.25, 0.3) is 0 Å². The van der Waals surface area contributed by atoms with Crippen LogP contribution in [0.15, 0.2) is 29.2 Å². The van der Waals surface area contributed by atoms with Crippen molar-refractivity contribution in [1.82, 2.24) is 5.32 Å². The van der Waals surface area contributed by atoms with E-state index >= 15 is 0 Å². The zero-order chi connectivity index (χ0) is 12.9. The average Bonchev–Trinajstić information content (AvgIpc) is 2.23. The smallest absolute Gasteiger partial charge is 0.351 e. The summed E-state index contributed by atoms with van der Waals surface area (Å²) >= 11 is 3.91. The molecule has 7 heteroatoms. The molecule has 1 aromatic rings. The molecule has 2 nitrogen and oxygen atoms in total. The largest absolute Gasteiger partial charge is 0.441 e. The summed E-state index contributed by atoms with van der Waals surface area (Å²) in [5, 5.41) is 2.41. The lowest BCUT2D eigenvalue weighted by Gasteiger charge is -2.07. The molecule has 0 aliphatic carbocycles. The molecule has 0 saturated heterocycles. The molecule has 1 N–H and O–H groups in total. The third-order valence-electron chi connectivity index (χ3n) is 1.76. The molecule has 0 aromatic heterocycles. The Morgan fingerprint density at radius 1 is 1.41 bits per heavy atom. The maximum absolute atomic E-state index is 11.8. The predicted octanol–water partition coefficient (Wildman–Crippen LogP) is 2.96. The van der Waals surface area contributed by atoms with Gasteiger partial charge in [0.2, 0.25) is 0 Å².